The van der Waals surface area contributed by atoms with Gasteiger partial charge in [-0.05, 0) is 26.0 Å². The first-order valence-corrected chi connectivity index (χ1v) is 9.29. The van der Waals surface area contributed by atoms with E-state index in [9.17, 15) is 13.6 Å². The minimum absolute atomic E-state index is 0.0593. The molecule has 7 heteroatoms. The summed E-state index contributed by atoms with van der Waals surface area (Å²) in [7, 11) is 0. The number of hydrogen-bond donors (Lipinski definition) is 1. The molecule has 2 aromatic carbocycles. The van der Waals surface area contributed by atoms with Crippen molar-refractivity contribution in [2.75, 3.05) is 6.61 Å². The van der Waals surface area contributed by atoms with Crippen molar-refractivity contribution in [3.05, 3.63) is 71.8 Å². The van der Waals surface area contributed by atoms with E-state index in [1.165, 1.54) is 6.07 Å². The average molecular weight is 400 g/mol. The molecule has 0 aliphatic rings. The monoisotopic (exact) mass is 400 g/mol. The largest absolute Gasteiger partial charge is 0.488 e. The van der Waals surface area contributed by atoms with E-state index in [0.29, 0.717) is 18.1 Å². The highest BCUT2D eigenvalue weighted by atomic mass is 19.1. The molecular formula is C22H22F2N2O3. The van der Waals surface area contributed by atoms with Crippen LogP contribution in [-0.2, 0) is 11.2 Å². The fraction of sp³-hybridized carbons (Fsp3) is 0.273. The van der Waals surface area contributed by atoms with Crippen molar-refractivity contribution in [1.82, 2.24) is 10.3 Å². The van der Waals surface area contributed by atoms with Gasteiger partial charge < -0.3 is 14.5 Å². The van der Waals surface area contributed by atoms with Gasteiger partial charge in [-0.1, -0.05) is 29.8 Å². The molecule has 0 bridgehead atoms. The van der Waals surface area contributed by atoms with Crippen LogP contribution in [0.3, 0.4) is 0 Å². The third kappa shape index (κ3) is 5.88. The summed E-state index contributed by atoms with van der Waals surface area (Å²) in [5.74, 6) is -0.576. The zero-order chi connectivity index (χ0) is 20.8. The highest BCUT2D eigenvalue weighted by Crippen LogP contribution is 2.21. The molecule has 0 saturated heterocycles. The second-order valence-corrected chi connectivity index (χ2v) is 6.84. The van der Waals surface area contributed by atoms with Crippen LogP contribution in [0.5, 0.6) is 5.75 Å². The van der Waals surface area contributed by atoms with E-state index < -0.39 is 11.6 Å². The van der Waals surface area contributed by atoms with Crippen molar-refractivity contribution in [3.8, 4) is 17.1 Å². The van der Waals surface area contributed by atoms with Gasteiger partial charge in [0.1, 0.15) is 12.4 Å². The topological polar surface area (TPSA) is 64.4 Å². The van der Waals surface area contributed by atoms with Crippen LogP contribution < -0.4 is 10.1 Å². The lowest BCUT2D eigenvalue weighted by atomic mass is 10.1. The quantitative estimate of drug-likeness (QED) is 0.607. The summed E-state index contributed by atoms with van der Waals surface area (Å²) in [5, 5.41) is 2.77. The number of halogens is 2. The third-order valence-electron chi connectivity index (χ3n) is 4.25. The van der Waals surface area contributed by atoms with Crippen molar-refractivity contribution >= 4 is 5.91 Å². The van der Waals surface area contributed by atoms with E-state index in [4.69, 9.17) is 9.15 Å². The second-order valence-electron chi connectivity index (χ2n) is 6.84. The number of aryl methyl sites for hydroxylation is 2. The average Bonchev–Trinajstić information content (AvgIpc) is 3.15. The molecule has 152 valence electrons. The normalized spacial score (nSPS) is 11.9. The first-order chi connectivity index (χ1) is 13.9. The lowest BCUT2D eigenvalue weighted by molar-refractivity contribution is -0.121. The Bertz CT molecular complexity index is 970. The zero-order valence-corrected chi connectivity index (χ0v) is 16.2. The SMILES string of the molecule is Cc1ccc(-c2cnc(CCC(=O)NC(C)COc3ccc(F)cc3F)o2)cc1. The smallest absolute Gasteiger partial charge is 0.220 e. The number of benzene rings is 2. The highest BCUT2D eigenvalue weighted by Gasteiger charge is 2.13. The first-order valence-electron chi connectivity index (χ1n) is 9.29. The molecule has 1 N–H and O–H groups in total. The van der Waals surface area contributed by atoms with Gasteiger partial charge in [0, 0.05) is 24.5 Å². The Kier molecular flexibility index (Phi) is 6.59. The lowest BCUT2D eigenvalue weighted by Crippen LogP contribution is -2.37. The van der Waals surface area contributed by atoms with Gasteiger partial charge in [0.25, 0.3) is 0 Å². The maximum atomic E-state index is 13.5. The van der Waals surface area contributed by atoms with Gasteiger partial charge in [0.15, 0.2) is 23.2 Å². The van der Waals surface area contributed by atoms with Gasteiger partial charge in [-0.2, -0.15) is 0 Å². The van der Waals surface area contributed by atoms with E-state index in [2.05, 4.69) is 10.3 Å². The van der Waals surface area contributed by atoms with Crippen LogP contribution in [0.25, 0.3) is 11.3 Å². The van der Waals surface area contributed by atoms with E-state index in [1.807, 2.05) is 31.2 Å². The first kappa shape index (κ1) is 20.5. The van der Waals surface area contributed by atoms with Gasteiger partial charge in [0.2, 0.25) is 5.91 Å². The summed E-state index contributed by atoms with van der Waals surface area (Å²) >= 11 is 0. The molecule has 1 heterocycles. The molecule has 3 rings (SSSR count). The van der Waals surface area contributed by atoms with E-state index in [-0.39, 0.29) is 30.7 Å². The minimum atomic E-state index is -0.781. The van der Waals surface area contributed by atoms with Crippen molar-refractivity contribution in [1.29, 1.82) is 0 Å². The van der Waals surface area contributed by atoms with Crippen LogP contribution in [0.1, 0.15) is 24.8 Å². The van der Waals surface area contributed by atoms with Crippen LogP contribution in [0.4, 0.5) is 8.78 Å². The maximum Gasteiger partial charge on any atom is 0.220 e. The summed E-state index contributed by atoms with van der Waals surface area (Å²) in [4.78, 5) is 16.3. The number of carbonyl (C=O) groups excluding carboxylic acids is 1. The number of oxazole rings is 1. The molecule has 0 fully saturated rings. The van der Waals surface area contributed by atoms with Crippen molar-refractivity contribution in [2.24, 2.45) is 0 Å². The summed E-state index contributed by atoms with van der Waals surface area (Å²) in [6.07, 6.45) is 2.20. The predicted octanol–water partition coefficient (Wildman–Crippen LogP) is 4.44. The molecule has 1 atom stereocenters. The van der Waals surface area contributed by atoms with Gasteiger partial charge >= 0.3 is 0 Å². The Morgan fingerprint density at radius 2 is 1.97 bits per heavy atom. The fourth-order valence-corrected chi connectivity index (χ4v) is 2.69. The van der Waals surface area contributed by atoms with Crippen LogP contribution in [0.15, 0.2) is 53.1 Å². The number of nitrogens with zero attached hydrogens (tertiary/aromatic N) is 1. The number of nitrogens with one attached hydrogen (secondary N) is 1. The van der Waals surface area contributed by atoms with Crippen LogP contribution >= 0.6 is 0 Å². The summed E-state index contributed by atoms with van der Waals surface area (Å²) in [5.41, 5.74) is 2.09. The molecule has 1 amide bonds. The van der Waals surface area contributed by atoms with E-state index in [0.717, 1.165) is 23.3 Å². The number of hydrogen-bond acceptors (Lipinski definition) is 4. The zero-order valence-electron chi connectivity index (χ0n) is 16.2. The van der Waals surface area contributed by atoms with Gasteiger partial charge in [-0.25, -0.2) is 13.8 Å². The number of aromatic nitrogens is 1. The highest BCUT2D eigenvalue weighted by molar-refractivity contribution is 5.76. The molecule has 29 heavy (non-hydrogen) atoms. The summed E-state index contributed by atoms with van der Waals surface area (Å²) < 4.78 is 37.4. The second kappa shape index (κ2) is 9.32. The molecule has 0 aliphatic carbocycles. The van der Waals surface area contributed by atoms with Crippen molar-refractivity contribution < 1.29 is 22.7 Å². The summed E-state index contributed by atoms with van der Waals surface area (Å²) in [6, 6.07) is 10.6. The van der Waals surface area contributed by atoms with Crippen LogP contribution in [0, 0.1) is 18.6 Å². The molecule has 1 aromatic heterocycles. The Labute approximate surface area is 167 Å². The van der Waals surface area contributed by atoms with Crippen LogP contribution in [0.2, 0.25) is 0 Å². The molecule has 5 nitrogen and oxygen atoms in total. The summed E-state index contributed by atoms with van der Waals surface area (Å²) in [6.45, 7) is 3.81. The lowest BCUT2D eigenvalue weighted by Gasteiger charge is -2.15. The Hall–Kier alpha value is -3.22. The third-order valence-corrected chi connectivity index (χ3v) is 4.25. The van der Waals surface area contributed by atoms with Gasteiger partial charge in [0.05, 0.1) is 12.2 Å². The van der Waals surface area contributed by atoms with Crippen molar-refractivity contribution in [2.45, 2.75) is 32.7 Å². The van der Waals surface area contributed by atoms with Crippen LogP contribution in [-0.4, -0.2) is 23.5 Å². The number of rotatable bonds is 8. The Morgan fingerprint density at radius 3 is 2.69 bits per heavy atom. The number of amides is 1. The standard InChI is InChI=1S/C22H22F2N2O3/c1-14-3-5-16(6-4-14)20-12-25-22(29-20)10-9-21(27)26-15(2)13-28-19-8-7-17(23)11-18(19)24/h3-8,11-12,15H,9-10,13H2,1-2H3,(H,26,27). The fourth-order valence-electron chi connectivity index (χ4n) is 2.69. The molecule has 0 saturated carbocycles. The van der Waals surface area contributed by atoms with Gasteiger partial charge in [-0.15, -0.1) is 0 Å². The molecular weight excluding hydrogens is 378 g/mol. The van der Waals surface area contributed by atoms with E-state index >= 15 is 0 Å². The Morgan fingerprint density at radius 1 is 1.21 bits per heavy atom. The Balaban J connectivity index is 1.44. The molecule has 3 aromatic rings. The van der Waals surface area contributed by atoms with Crippen molar-refractivity contribution in [3.63, 3.8) is 0 Å². The number of carbonyl (C=O) groups is 1. The molecule has 1 unspecified atom stereocenters. The van der Waals surface area contributed by atoms with Gasteiger partial charge in [-0.3, -0.25) is 4.79 Å². The van der Waals surface area contributed by atoms with E-state index in [1.54, 1.807) is 13.1 Å². The maximum absolute atomic E-state index is 13.5. The molecule has 0 radical (unpaired) electrons. The molecule has 0 aliphatic heterocycles. The number of ether oxygens (including phenoxy) is 1. The molecule has 0 spiro atoms. The minimum Gasteiger partial charge on any atom is -0.488 e. The predicted molar refractivity (Wildman–Crippen MR) is 104 cm³/mol.